The van der Waals surface area contributed by atoms with Crippen LogP contribution in [-0.4, -0.2) is 48.7 Å². The number of methoxy groups -OCH3 is 1. The third kappa shape index (κ3) is 3.96. The summed E-state index contributed by atoms with van der Waals surface area (Å²) in [6, 6.07) is 0.0576. The maximum Gasteiger partial charge on any atom is 0.324 e. The fourth-order valence-corrected chi connectivity index (χ4v) is 2.46. The third-order valence-corrected chi connectivity index (χ3v) is 3.50. The summed E-state index contributed by atoms with van der Waals surface area (Å²) in [7, 11) is 1.45. The molecule has 0 aromatic carbocycles. The molecule has 4 heteroatoms. The molecule has 1 rings (SSSR count). The molecule has 0 amide bonds. The summed E-state index contributed by atoms with van der Waals surface area (Å²) in [4.78, 5) is 14.1. The first kappa shape index (κ1) is 14.5. The standard InChI is InChI=1S/C13H26N2O2/c1-10(2)14-11(12(16)17-5)9-15-8-6-7-13(15,3)4/h10-11,14H,6-9H2,1-5H3. The minimum absolute atomic E-state index is 0.165. The molecule has 1 heterocycles. The topological polar surface area (TPSA) is 41.6 Å². The van der Waals surface area contributed by atoms with Gasteiger partial charge in [0.1, 0.15) is 6.04 Å². The maximum absolute atomic E-state index is 11.7. The van der Waals surface area contributed by atoms with Crippen LogP contribution in [0.5, 0.6) is 0 Å². The summed E-state index contributed by atoms with van der Waals surface area (Å²) in [6.07, 6.45) is 2.41. The molecule has 1 N–H and O–H groups in total. The predicted octanol–water partition coefficient (Wildman–Crippen LogP) is 1.40. The van der Waals surface area contributed by atoms with Crippen molar-refractivity contribution >= 4 is 5.97 Å². The number of carbonyl (C=O) groups excluding carboxylic acids is 1. The van der Waals surface area contributed by atoms with E-state index in [1.165, 1.54) is 20.0 Å². The molecule has 1 aliphatic heterocycles. The zero-order valence-electron chi connectivity index (χ0n) is 11.7. The summed E-state index contributed by atoms with van der Waals surface area (Å²) < 4.78 is 4.86. The van der Waals surface area contributed by atoms with Crippen molar-refractivity contribution in [1.29, 1.82) is 0 Å². The van der Waals surface area contributed by atoms with E-state index in [-0.39, 0.29) is 23.6 Å². The predicted molar refractivity (Wildman–Crippen MR) is 69.0 cm³/mol. The normalized spacial score (nSPS) is 21.8. The van der Waals surface area contributed by atoms with Crippen LogP contribution in [0.15, 0.2) is 0 Å². The lowest BCUT2D eigenvalue weighted by Crippen LogP contribution is -2.52. The highest BCUT2D eigenvalue weighted by Gasteiger charge is 2.35. The molecule has 1 unspecified atom stereocenters. The second-order valence-corrected chi connectivity index (χ2v) is 5.76. The average Bonchev–Trinajstić information content (AvgIpc) is 2.55. The molecule has 0 aliphatic carbocycles. The van der Waals surface area contributed by atoms with Gasteiger partial charge in [0, 0.05) is 18.1 Å². The van der Waals surface area contributed by atoms with Crippen molar-refractivity contribution in [3.8, 4) is 0 Å². The molecule has 0 radical (unpaired) electrons. The van der Waals surface area contributed by atoms with Crippen molar-refractivity contribution in [3.63, 3.8) is 0 Å². The Balaban J connectivity index is 2.62. The molecule has 0 spiro atoms. The molecule has 0 bridgehead atoms. The summed E-state index contributed by atoms with van der Waals surface area (Å²) in [6.45, 7) is 10.4. The number of esters is 1. The first-order chi connectivity index (χ1) is 7.86. The number of nitrogens with one attached hydrogen (secondary N) is 1. The smallest absolute Gasteiger partial charge is 0.324 e. The van der Waals surface area contributed by atoms with Gasteiger partial charge in [0.05, 0.1) is 7.11 Å². The van der Waals surface area contributed by atoms with Gasteiger partial charge in [0.2, 0.25) is 0 Å². The highest BCUT2D eigenvalue weighted by Crippen LogP contribution is 2.28. The van der Waals surface area contributed by atoms with Crippen molar-refractivity contribution in [2.24, 2.45) is 0 Å². The number of rotatable bonds is 5. The molecule has 1 fully saturated rings. The van der Waals surface area contributed by atoms with Gasteiger partial charge >= 0.3 is 5.97 Å². The van der Waals surface area contributed by atoms with E-state index in [0.29, 0.717) is 0 Å². The molecule has 0 aromatic rings. The Morgan fingerprint density at radius 3 is 2.53 bits per heavy atom. The number of carbonyl (C=O) groups is 1. The Hall–Kier alpha value is -0.610. The van der Waals surface area contributed by atoms with Gasteiger partial charge in [-0.05, 0) is 33.2 Å². The molecule has 0 aromatic heterocycles. The number of hydrogen-bond acceptors (Lipinski definition) is 4. The van der Waals surface area contributed by atoms with Crippen LogP contribution in [0.25, 0.3) is 0 Å². The lowest BCUT2D eigenvalue weighted by Gasteiger charge is -2.34. The van der Waals surface area contributed by atoms with Crippen LogP contribution < -0.4 is 5.32 Å². The van der Waals surface area contributed by atoms with Gasteiger partial charge in [-0.25, -0.2) is 0 Å². The van der Waals surface area contributed by atoms with Gasteiger partial charge in [0.15, 0.2) is 0 Å². The second kappa shape index (κ2) is 5.83. The molecule has 1 atom stereocenters. The monoisotopic (exact) mass is 242 g/mol. The van der Waals surface area contributed by atoms with E-state index < -0.39 is 0 Å². The van der Waals surface area contributed by atoms with E-state index >= 15 is 0 Å². The van der Waals surface area contributed by atoms with Gasteiger partial charge in [-0.2, -0.15) is 0 Å². The lowest BCUT2D eigenvalue weighted by atomic mass is 10.0. The van der Waals surface area contributed by atoms with E-state index in [1.807, 2.05) is 13.8 Å². The lowest BCUT2D eigenvalue weighted by molar-refractivity contribution is -0.144. The Labute approximate surface area is 105 Å². The SMILES string of the molecule is COC(=O)C(CN1CCCC1(C)C)NC(C)C. The first-order valence-electron chi connectivity index (χ1n) is 6.46. The molecule has 1 saturated heterocycles. The van der Waals surface area contributed by atoms with Crippen LogP contribution in [0.1, 0.15) is 40.5 Å². The summed E-state index contributed by atoms with van der Waals surface area (Å²) in [5.41, 5.74) is 0.199. The summed E-state index contributed by atoms with van der Waals surface area (Å²) in [5, 5.41) is 3.28. The van der Waals surface area contributed by atoms with Crippen molar-refractivity contribution in [3.05, 3.63) is 0 Å². The van der Waals surface area contributed by atoms with Gasteiger partial charge in [0.25, 0.3) is 0 Å². The Kier molecular flexibility index (Phi) is 4.95. The fourth-order valence-electron chi connectivity index (χ4n) is 2.46. The van der Waals surface area contributed by atoms with Crippen LogP contribution in [0.3, 0.4) is 0 Å². The van der Waals surface area contributed by atoms with E-state index in [2.05, 4.69) is 24.1 Å². The van der Waals surface area contributed by atoms with E-state index in [4.69, 9.17) is 4.74 Å². The first-order valence-corrected chi connectivity index (χ1v) is 6.46. The van der Waals surface area contributed by atoms with Crippen molar-refractivity contribution < 1.29 is 9.53 Å². The summed E-state index contributed by atoms with van der Waals surface area (Å²) >= 11 is 0. The fraction of sp³-hybridized carbons (Fsp3) is 0.923. The highest BCUT2D eigenvalue weighted by molar-refractivity contribution is 5.76. The number of ether oxygens (including phenoxy) is 1. The molecular weight excluding hydrogens is 216 g/mol. The Morgan fingerprint density at radius 1 is 1.47 bits per heavy atom. The van der Waals surface area contributed by atoms with E-state index in [1.54, 1.807) is 0 Å². The molecular formula is C13H26N2O2. The van der Waals surface area contributed by atoms with Crippen molar-refractivity contribution in [1.82, 2.24) is 10.2 Å². The van der Waals surface area contributed by atoms with Crippen LogP contribution in [0, 0.1) is 0 Å². The molecule has 0 saturated carbocycles. The van der Waals surface area contributed by atoms with E-state index in [0.717, 1.165) is 13.1 Å². The average molecular weight is 242 g/mol. The quantitative estimate of drug-likeness (QED) is 0.740. The second-order valence-electron chi connectivity index (χ2n) is 5.76. The largest absolute Gasteiger partial charge is 0.468 e. The van der Waals surface area contributed by atoms with Crippen LogP contribution in [0.2, 0.25) is 0 Å². The molecule has 100 valence electrons. The van der Waals surface area contributed by atoms with Gasteiger partial charge in [-0.15, -0.1) is 0 Å². The number of nitrogens with zero attached hydrogens (tertiary/aromatic N) is 1. The molecule has 1 aliphatic rings. The zero-order valence-corrected chi connectivity index (χ0v) is 11.7. The number of likely N-dealkylation sites (tertiary alicyclic amines) is 1. The maximum atomic E-state index is 11.7. The molecule has 17 heavy (non-hydrogen) atoms. The van der Waals surface area contributed by atoms with Gasteiger partial charge < -0.3 is 10.1 Å². The highest BCUT2D eigenvalue weighted by atomic mass is 16.5. The Morgan fingerprint density at radius 2 is 2.12 bits per heavy atom. The molecule has 4 nitrogen and oxygen atoms in total. The van der Waals surface area contributed by atoms with Gasteiger partial charge in [-0.1, -0.05) is 13.8 Å². The van der Waals surface area contributed by atoms with E-state index in [9.17, 15) is 4.79 Å². The van der Waals surface area contributed by atoms with Crippen LogP contribution in [-0.2, 0) is 9.53 Å². The minimum Gasteiger partial charge on any atom is -0.468 e. The third-order valence-electron chi connectivity index (χ3n) is 3.50. The van der Waals surface area contributed by atoms with Crippen molar-refractivity contribution in [2.75, 3.05) is 20.2 Å². The summed E-state index contributed by atoms with van der Waals surface area (Å²) in [5.74, 6) is -0.165. The Bertz CT molecular complexity index is 264. The number of hydrogen-bond donors (Lipinski definition) is 1. The van der Waals surface area contributed by atoms with Crippen molar-refractivity contribution in [2.45, 2.75) is 58.2 Å². The van der Waals surface area contributed by atoms with Crippen LogP contribution in [0.4, 0.5) is 0 Å². The minimum atomic E-state index is -0.225. The van der Waals surface area contributed by atoms with Crippen LogP contribution >= 0.6 is 0 Å². The zero-order chi connectivity index (χ0) is 13.1. The van der Waals surface area contributed by atoms with Gasteiger partial charge in [-0.3, -0.25) is 9.69 Å².